The summed E-state index contributed by atoms with van der Waals surface area (Å²) in [6, 6.07) is 2.50. The Bertz CT molecular complexity index is 233. The minimum Gasteiger partial charge on any atom is -0.480 e. The molecule has 1 aliphatic rings. The van der Waals surface area contributed by atoms with Gasteiger partial charge in [-0.3, -0.25) is 0 Å². The van der Waals surface area contributed by atoms with Crippen LogP contribution in [0.25, 0.3) is 0 Å². The molecule has 0 spiro atoms. The zero-order valence-corrected chi connectivity index (χ0v) is 6.57. The van der Waals surface area contributed by atoms with Crippen LogP contribution in [0, 0.1) is 0 Å². The van der Waals surface area contributed by atoms with Crippen LogP contribution in [-0.4, -0.2) is 12.6 Å². The molecule has 1 atom stereocenters. The van der Waals surface area contributed by atoms with E-state index >= 15 is 0 Å². The molecule has 0 aliphatic carbocycles. The lowest BCUT2D eigenvalue weighted by Gasteiger charge is -2.21. The minimum atomic E-state index is 0.446. The summed E-state index contributed by atoms with van der Waals surface area (Å²) in [6.07, 6.45) is 0. The van der Waals surface area contributed by atoms with Gasteiger partial charge in [-0.1, -0.05) is 0 Å². The molecule has 2 heterocycles. The van der Waals surface area contributed by atoms with Crippen LogP contribution in [-0.2, 0) is 0 Å². The number of hydrogen-bond donors (Lipinski definition) is 1. The van der Waals surface area contributed by atoms with E-state index in [1.165, 1.54) is 0 Å². The van der Waals surface area contributed by atoms with Gasteiger partial charge in [0.15, 0.2) is 5.06 Å². The van der Waals surface area contributed by atoms with Crippen LogP contribution in [0.1, 0.15) is 6.92 Å². The maximum Gasteiger partial charge on any atom is 0.197 e. The molecular formula is C7H9NOS. The van der Waals surface area contributed by atoms with Crippen molar-refractivity contribution >= 4 is 17.0 Å². The molecular weight excluding hydrogens is 146 g/mol. The second kappa shape index (κ2) is 2.16. The van der Waals surface area contributed by atoms with Crippen molar-refractivity contribution in [1.82, 2.24) is 0 Å². The van der Waals surface area contributed by atoms with Crippen molar-refractivity contribution in [1.29, 1.82) is 0 Å². The number of ether oxygens (including phenoxy) is 1. The fraction of sp³-hybridized carbons (Fsp3) is 0.429. The maximum atomic E-state index is 5.43. The number of nitrogens with one attached hydrogen (secondary N) is 1. The lowest BCUT2D eigenvalue weighted by Crippen LogP contribution is -2.27. The number of thiophene rings is 1. The minimum absolute atomic E-state index is 0.446. The Morgan fingerprint density at radius 1 is 1.80 bits per heavy atom. The normalized spacial score (nSPS) is 22.7. The van der Waals surface area contributed by atoms with E-state index in [0.717, 1.165) is 17.4 Å². The molecule has 1 N–H and O–H groups in total. The fourth-order valence-electron chi connectivity index (χ4n) is 1.02. The molecule has 0 saturated heterocycles. The van der Waals surface area contributed by atoms with Gasteiger partial charge in [0.05, 0.1) is 11.7 Å². The Balaban J connectivity index is 2.30. The molecule has 2 rings (SSSR count). The van der Waals surface area contributed by atoms with E-state index in [9.17, 15) is 0 Å². The lowest BCUT2D eigenvalue weighted by atomic mass is 10.3. The Morgan fingerprint density at radius 3 is 3.60 bits per heavy atom. The third-order valence-electron chi connectivity index (χ3n) is 1.50. The van der Waals surface area contributed by atoms with Crippen LogP contribution in [0.4, 0.5) is 5.69 Å². The molecule has 2 nitrogen and oxygen atoms in total. The Labute approximate surface area is 63.8 Å². The average molecular weight is 155 g/mol. The third-order valence-corrected chi connectivity index (χ3v) is 2.32. The van der Waals surface area contributed by atoms with Crippen LogP contribution in [0.5, 0.6) is 5.06 Å². The zero-order chi connectivity index (χ0) is 6.97. The van der Waals surface area contributed by atoms with E-state index in [-0.39, 0.29) is 0 Å². The van der Waals surface area contributed by atoms with E-state index in [0.29, 0.717) is 6.04 Å². The molecule has 1 aliphatic heterocycles. The van der Waals surface area contributed by atoms with Crippen molar-refractivity contribution in [2.24, 2.45) is 0 Å². The summed E-state index contributed by atoms with van der Waals surface area (Å²) in [5.41, 5.74) is 1.14. The summed E-state index contributed by atoms with van der Waals surface area (Å²) in [6.45, 7) is 2.90. The predicted octanol–water partition coefficient (Wildman–Crippen LogP) is 1.94. The van der Waals surface area contributed by atoms with Gasteiger partial charge in [0.25, 0.3) is 0 Å². The largest absolute Gasteiger partial charge is 0.480 e. The van der Waals surface area contributed by atoms with E-state index in [1.54, 1.807) is 11.3 Å². The SMILES string of the molecule is CC1COc2sccc2N1. The van der Waals surface area contributed by atoms with Crippen molar-refractivity contribution < 1.29 is 4.74 Å². The van der Waals surface area contributed by atoms with Crippen LogP contribution >= 0.6 is 11.3 Å². The summed E-state index contributed by atoms with van der Waals surface area (Å²) >= 11 is 1.64. The first-order valence-corrected chi connectivity index (χ1v) is 4.21. The summed E-state index contributed by atoms with van der Waals surface area (Å²) in [7, 11) is 0. The van der Waals surface area contributed by atoms with Gasteiger partial charge in [-0.2, -0.15) is 0 Å². The molecule has 0 bridgehead atoms. The molecule has 10 heavy (non-hydrogen) atoms. The van der Waals surface area contributed by atoms with Crippen molar-refractivity contribution in [2.45, 2.75) is 13.0 Å². The lowest BCUT2D eigenvalue weighted by molar-refractivity contribution is 0.301. The molecule has 1 aromatic rings. The van der Waals surface area contributed by atoms with Gasteiger partial charge in [0, 0.05) is 0 Å². The van der Waals surface area contributed by atoms with Crippen LogP contribution in [0.15, 0.2) is 11.4 Å². The van der Waals surface area contributed by atoms with E-state index in [4.69, 9.17) is 4.74 Å². The highest BCUT2D eigenvalue weighted by Crippen LogP contribution is 2.34. The number of hydrogen-bond acceptors (Lipinski definition) is 3. The smallest absolute Gasteiger partial charge is 0.197 e. The van der Waals surface area contributed by atoms with Gasteiger partial charge in [0.2, 0.25) is 0 Å². The van der Waals surface area contributed by atoms with Gasteiger partial charge in [-0.05, 0) is 18.4 Å². The summed E-state index contributed by atoms with van der Waals surface area (Å²) < 4.78 is 5.43. The van der Waals surface area contributed by atoms with E-state index < -0.39 is 0 Å². The van der Waals surface area contributed by atoms with Crippen molar-refractivity contribution in [2.75, 3.05) is 11.9 Å². The highest BCUT2D eigenvalue weighted by Gasteiger charge is 2.14. The van der Waals surface area contributed by atoms with E-state index in [1.807, 2.05) is 5.38 Å². The molecule has 54 valence electrons. The quantitative estimate of drug-likeness (QED) is 0.618. The second-order valence-electron chi connectivity index (χ2n) is 2.48. The number of rotatable bonds is 0. The molecule has 1 unspecified atom stereocenters. The molecule has 3 heteroatoms. The summed E-state index contributed by atoms with van der Waals surface area (Å²) in [5, 5.41) is 6.39. The van der Waals surface area contributed by atoms with Crippen LogP contribution in [0.2, 0.25) is 0 Å². The molecule has 0 fully saturated rings. The van der Waals surface area contributed by atoms with Crippen molar-refractivity contribution in [3.05, 3.63) is 11.4 Å². The monoisotopic (exact) mass is 155 g/mol. The fourth-order valence-corrected chi connectivity index (χ4v) is 1.74. The average Bonchev–Trinajstić information content (AvgIpc) is 2.33. The first-order valence-electron chi connectivity index (χ1n) is 3.33. The van der Waals surface area contributed by atoms with Crippen LogP contribution < -0.4 is 10.1 Å². The summed E-state index contributed by atoms with van der Waals surface area (Å²) in [4.78, 5) is 0. The Morgan fingerprint density at radius 2 is 2.70 bits per heavy atom. The third kappa shape index (κ3) is 0.865. The highest BCUT2D eigenvalue weighted by atomic mass is 32.1. The number of fused-ring (bicyclic) bond motifs is 1. The van der Waals surface area contributed by atoms with Gasteiger partial charge in [0.1, 0.15) is 6.61 Å². The topological polar surface area (TPSA) is 21.3 Å². The molecule has 0 amide bonds. The van der Waals surface area contributed by atoms with E-state index in [2.05, 4.69) is 18.3 Å². The second-order valence-corrected chi connectivity index (χ2v) is 3.36. The standard InChI is InChI=1S/C7H9NOS/c1-5-4-9-7-6(8-5)2-3-10-7/h2-3,5,8H,4H2,1H3. The highest BCUT2D eigenvalue weighted by molar-refractivity contribution is 7.12. The summed E-state index contributed by atoms with van der Waals surface area (Å²) in [5.74, 6) is 0. The maximum absolute atomic E-state index is 5.43. The molecule has 1 aromatic heterocycles. The van der Waals surface area contributed by atoms with Gasteiger partial charge in [-0.15, -0.1) is 11.3 Å². The van der Waals surface area contributed by atoms with Gasteiger partial charge < -0.3 is 10.1 Å². The number of anilines is 1. The first kappa shape index (κ1) is 6.04. The van der Waals surface area contributed by atoms with Gasteiger partial charge >= 0.3 is 0 Å². The Hall–Kier alpha value is -0.700. The molecule has 0 aromatic carbocycles. The van der Waals surface area contributed by atoms with Gasteiger partial charge in [-0.25, -0.2) is 0 Å². The van der Waals surface area contributed by atoms with Crippen molar-refractivity contribution in [3.63, 3.8) is 0 Å². The van der Waals surface area contributed by atoms with Crippen LogP contribution in [0.3, 0.4) is 0 Å². The van der Waals surface area contributed by atoms with Crippen molar-refractivity contribution in [3.8, 4) is 5.06 Å². The predicted molar refractivity (Wildman–Crippen MR) is 42.9 cm³/mol. The Kier molecular flexibility index (Phi) is 1.31. The molecule has 0 saturated carbocycles. The zero-order valence-electron chi connectivity index (χ0n) is 5.76. The molecule has 0 radical (unpaired) electrons. The first-order chi connectivity index (χ1) is 4.86.